The van der Waals surface area contributed by atoms with E-state index >= 15 is 0 Å². The fourth-order valence-electron chi connectivity index (χ4n) is 1.60. The number of aliphatic hydroxyl groups excluding tert-OH is 1. The summed E-state index contributed by atoms with van der Waals surface area (Å²) < 4.78 is 5.11. The average molecular weight is 251 g/mol. The van der Waals surface area contributed by atoms with Gasteiger partial charge in [-0.15, -0.1) is 0 Å². The minimum absolute atomic E-state index is 0.198. The van der Waals surface area contributed by atoms with E-state index in [1.54, 1.807) is 7.11 Å². The molecule has 0 saturated carbocycles. The molecule has 100 valence electrons. The SMILES string of the molecule is COc1ccc(C(C)(C)CNC(=O)C(C)O)cc1. The highest BCUT2D eigenvalue weighted by molar-refractivity contribution is 5.80. The Balaban J connectivity index is 2.69. The van der Waals surface area contributed by atoms with E-state index in [1.807, 2.05) is 38.1 Å². The maximum atomic E-state index is 11.3. The zero-order valence-electron chi connectivity index (χ0n) is 11.4. The molecule has 0 radical (unpaired) electrons. The Kier molecular flexibility index (Phi) is 4.73. The van der Waals surface area contributed by atoms with Crippen LogP contribution in [-0.4, -0.2) is 30.8 Å². The molecule has 1 aromatic carbocycles. The van der Waals surface area contributed by atoms with Crippen molar-refractivity contribution in [3.8, 4) is 5.75 Å². The molecule has 0 bridgehead atoms. The van der Waals surface area contributed by atoms with Crippen LogP contribution in [0.2, 0.25) is 0 Å². The lowest BCUT2D eigenvalue weighted by molar-refractivity contribution is -0.128. The van der Waals surface area contributed by atoms with E-state index in [1.165, 1.54) is 6.92 Å². The monoisotopic (exact) mass is 251 g/mol. The zero-order chi connectivity index (χ0) is 13.8. The summed E-state index contributed by atoms with van der Waals surface area (Å²) in [4.78, 5) is 11.3. The summed E-state index contributed by atoms with van der Waals surface area (Å²) in [6.45, 7) is 6.01. The predicted octanol–water partition coefficient (Wildman–Crippen LogP) is 1.47. The molecule has 4 heteroatoms. The van der Waals surface area contributed by atoms with Crippen LogP contribution in [0, 0.1) is 0 Å². The predicted molar refractivity (Wildman–Crippen MR) is 70.7 cm³/mol. The number of nitrogens with one attached hydrogen (secondary N) is 1. The molecule has 0 aromatic heterocycles. The standard InChI is InChI=1S/C14H21NO3/c1-10(16)13(17)15-9-14(2,3)11-5-7-12(18-4)8-6-11/h5-8,10,16H,9H2,1-4H3,(H,15,17). The van der Waals surface area contributed by atoms with Gasteiger partial charge in [0.25, 0.3) is 0 Å². The first kappa shape index (κ1) is 14.5. The molecule has 0 aliphatic rings. The maximum Gasteiger partial charge on any atom is 0.248 e. The Hall–Kier alpha value is -1.55. The Bertz CT molecular complexity index is 396. The van der Waals surface area contributed by atoms with E-state index in [4.69, 9.17) is 9.84 Å². The number of aliphatic hydroxyl groups is 1. The highest BCUT2D eigenvalue weighted by Gasteiger charge is 2.22. The lowest BCUT2D eigenvalue weighted by atomic mass is 9.84. The average Bonchev–Trinajstić information content (AvgIpc) is 2.36. The van der Waals surface area contributed by atoms with E-state index in [0.717, 1.165) is 11.3 Å². The molecule has 0 aliphatic carbocycles. The van der Waals surface area contributed by atoms with Crippen LogP contribution < -0.4 is 10.1 Å². The molecule has 0 spiro atoms. The van der Waals surface area contributed by atoms with Gasteiger partial charge in [-0.3, -0.25) is 4.79 Å². The fraction of sp³-hybridized carbons (Fsp3) is 0.500. The van der Waals surface area contributed by atoms with Crippen LogP contribution in [-0.2, 0) is 10.2 Å². The highest BCUT2D eigenvalue weighted by atomic mass is 16.5. The Labute approximate surface area is 108 Å². The normalized spacial score (nSPS) is 12.9. The van der Waals surface area contributed by atoms with Gasteiger partial charge in [0.05, 0.1) is 7.11 Å². The van der Waals surface area contributed by atoms with Crippen molar-refractivity contribution in [2.45, 2.75) is 32.3 Å². The smallest absolute Gasteiger partial charge is 0.248 e. The van der Waals surface area contributed by atoms with Gasteiger partial charge >= 0.3 is 0 Å². The van der Waals surface area contributed by atoms with Gasteiger partial charge < -0.3 is 15.2 Å². The van der Waals surface area contributed by atoms with Crippen LogP contribution in [0.15, 0.2) is 24.3 Å². The van der Waals surface area contributed by atoms with Crippen molar-refractivity contribution in [2.75, 3.05) is 13.7 Å². The molecule has 0 aliphatic heterocycles. The van der Waals surface area contributed by atoms with Crippen LogP contribution in [0.1, 0.15) is 26.3 Å². The topological polar surface area (TPSA) is 58.6 Å². The zero-order valence-corrected chi connectivity index (χ0v) is 11.4. The molecule has 18 heavy (non-hydrogen) atoms. The Morgan fingerprint density at radius 2 is 1.94 bits per heavy atom. The summed E-state index contributed by atoms with van der Waals surface area (Å²) in [5.41, 5.74) is 0.908. The van der Waals surface area contributed by atoms with E-state index in [0.29, 0.717) is 6.54 Å². The second kappa shape index (κ2) is 5.87. The molecule has 0 fully saturated rings. The number of carbonyl (C=O) groups is 1. The van der Waals surface area contributed by atoms with Gasteiger partial charge in [0, 0.05) is 12.0 Å². The van der Waals surface area contributed by atoms with Crippen LogP contribution >= 0.6 is 0 Å². The number of methoxy groups -OCH3 is 1. The van der Waals surface area contributed by atoms with E-state index in [9.17, 15) is 4.79 Å². The summed E-state index contributed by atoms with van der Waals surface area (Å²) in [5.74, 6) is 0.458. The molecule has 4 nitrogen and oxygen atoms in total. The van der Waals surface area contributed by atoms with Crippen molar-refractivity contribution in [3.05, 3.63) is 29.8 Å². The van der Waals surface area contributed by atoms with Gasteiger partial charge in [0.15, 0.2) is 0 Å². The Morgan fingerprint density at radius 3 is 2.39 bits per heavy atom. The molecule has 1 unspecified atom stereocenters. The van der Waals surface area contributed by atoms with Crippen LogP contribution in [0.5, 0.6) is 5.75 Å². The van der Waals surface area contributed by atoms with Crippen molar-refractivity contribution in [2.24, 2.45) is 0 Å². The summed E-state index contributed by atoms with van der Waals surface area (Å²) >= 11 is 0. The first-order valence-electron chi connectivity index (χ1n) is 5.97. The molecule has 0 saturated heterocycles. The minimum atomic E-state index is -0.975. The van der Waals surface area contributed by atoms with E-state index < -0.39 is 6.10 Å². The molecule has 1 rings (SSSR count). The summed E-state index contributed by atoms with van der Waals surface area (Å²) in [6, 6.07) is 7.75. The van der Waals surface area contributed by atoms with Crippen molar-refractivity contribution in [1.29, 1.82) is 0 Å². The molecule has 1 amide bonds. The third kappa shape index (κ3) is 3.74. The number of ether oxygens (including phenoxy) is 1. The van der Waals surface area contributed by atoms with Gasteiger partial charge in [0.2, 0.25) is 5.91 Å². The molecule has 1 aromatic rings. The van der Waals surface area contributed by atoms with Gasteiger partial charge in [-0.05, 0) is 24.6 Å². The first-order valence-corrected chi connectivity index (χ1v) is 5.97. The molecule has 0 heterocycles. The number of benzene rings is 1. The van der Waals surface area contributed by atoms with Gasteiger partial charge in [-0.1, -0.05) is 26.0 Å². The summed E-state index contributed by atoms with van der Waals surface area (Å²) in [6.07, 6.45) is -0.975. The van der Waals surface area contributed by atoms with Crippen molar-refractivity contribution >= 4 is 5.91 Å². The molecular formula is C14H21NO3. The van der Waals surface area contributed by atoms with Crippen LogP contribution in [0.25, 0.3) is 0 Å². The minimum Gasteiger partial charge on any atom is -0.497 e. The molecule has 2 N–H and O–H groups in total. The van der Waals surface area contributed by atoms with Gasteiger partial charge in [-0.25, -0.2) is 0 Å². The lowest BCUT2D eigenvalue weighted by Gasteiger charge is -2.26. The summed E-state index contributed by atoms with van der Waals surface area (Å²) in [7, 11) is 1.63. The Morgan fingerprint density at radius 1 is 1.39 bits per heavy atom. The maximum absolute atomic E-state index is 11.3. The third-order valence-corrected chi connectivity index (χ3v) is 2.96. The second-order valence-corrected chi connectivity index (χ2v) is 5.01. The van der Waals surface area contributed by atoms with Crippen molar-refractivity contribution in [3.63, 3.8) is 0 Å². The third-order valence-electron chi connectivity index (χ3n) is 2.96. The number of rotatable bonds is 5. The number of hydrogen-bond donors (Lipinski definition) is 2. The quantitative estimate of drug-likeness (QED) is 0.833. The second-order valence-electron chi connectivity index (χ2n) is 5.01. The highest BCUT2D eigenvalue weighted by Crippen LogP contribution is 2.24. The van der Waals surface area contributed by atoms with E-state index in [2.05, 4.69) is 5.32 Å². The summed E-state index contributed by atoms with van der Waals surface area (Å²) in [5, 5.41) is 11.9. The van der Waals surface area contributed by atoms with Crippen LogP contribution in [0.3, 0.4) is 0 Å². The molecular weight excluding hydrogens is 230 g/mol. The first-order chi connectivity index (χ1) is 8.36. The van der Waals surface area contributed by atoms with Gasteiger partial charge in [-0.2, -0.15) is 0 Å². The largest absolute Gasteiger partial charge is 0.497 e. The number of hydrogen-bond acceptors (Lipinski definition) is 3. The lowest BCUT2D eigenvalue weighted by Crippen LogP contribution is -2.40. The van der Waals surface area contributed by atoms with E-state index in [-0.39, 0.29) is 11.3 Å². The molecule has 1 atom stereocenters. The number of carbonyl (C=O) groups excluding carboxylic acids is 1. The van der Waals surface area contributed by atoms with Crippen molar-refractivity contribution in [1.82, 2.24) is 5.32 Å². The number of amides is 1. The fourth-order valence-corrected chi connectivity index (χ4v) is 1.60. The van der Waals surface area contributed by atoms with Gasteiger partial charge in [0.1, 0.15) is 11.9 Å². The van der Waals surface area contributed by atoms with Crippen molar-refractivity contribution < 1.29 is 14.6 Å². The van der Waals surface area contributed by atoms with Crippen LogP contribution in [0.4, 0.5) is 0 Å².